The van der Waals surface area contributed by atoms with Gasteiger partial charge in [-0.15, -0.1) is 6.58 Å². The summed E-state index contributed by atoms with van der Waals surface area (Å²) in [4.78, 5) is 4.91. The number of hydrogen-bond acceptors (Lipinski definition) is 2. The molecule has 1 unspecified atom stereocenters. The zero-order valence-electron chi connectivity index (χ0n) is 18.9. The molecular formula is C26H36Br2N2. The summed E-state index contributed by atoms with van der Waals surface area (Å²) in [5.74, 6) is 1.07. The summed E-state index contributed by atoms with van der Waals surface area (Å²) >= 11 is 7.50. The molecule has 0 amide bonds. The van der Waals surface area contributed by atoms with Crippen molar-refractivity contribution in [1.29, 1.82) is 0 Å². The number of aromatic nitrogens is 1. The van der Waals surface area contributed by atoms with Crippen LogP contribution < -0.4 is 5.32 Å². The van der Waals surface area contributed by atoms with Crippen LogP contribution in [0, 0.1) is 12.8 Å². The maximum absolute atomic E-state index is 4.91. The van der Waals surface area contributed by atoms with E-state index in [1.807, 2.05) is 26.1 Å². The van der Waals surface area contributed by atoms with Gasteiger partial charge in [-0.1, -0.05) is 48.8 Å². The number of allylic oxidation sites excluding steroid dienone is 1. The number of rotatable bonds is 2. The van der Waals surface area contributed by atoms with E-state index in [0.29, 0.717) is 11.8 Å². The van der Waals surface area contributed by atoms with Crippen molar-refractivity contribution in [2.24, 2.45) is 5.92 Å². The largest absolute Gasteiger partial charge is 0.317 e. The second-order valence-corrected chi connectivity index (χ2v) is 9.55. The molecule has 2 heterocycles. The lowest BCUT2D eigenvalue weighted by molar-refractivity contribution is 0.338. The molecule has 0 bridgehead atoms. The number of fused-ring (bicyclic) bond motifs is 2. The van der Waals surface area contributed by atoms with Gasteiger partial charge in [0.25, 0.3) is 0 Å². The molecule has 1 aromatic heterocycles. The number of nitrogens with one attached hydrogen (secondary N) is 1. The molecule has 2 nitrogen and oxygen atoms in total. The van der Waals surface area contributed by atoms with E-state index in [2.05, 4.69) is 75.8 Å². The lowest BCUT2D eigenvalue weighted by atomic mass is 9.76. The van der Waals surface area contributed by atoms with Gasteiger partial charge in [-0.3, -0.25) is 4.98 Å². The SMILES string of the molecule is C=CCC.CC.Cc1cc(Br)c2c(c1)CCc1cc(Br)cnc1C2C1CCNCC1. The molecule has 1 fully saturated rings. The molecule has 2 aliphatic rings. The van der Waals surface area contributed by atoms with Gasteiger partial charge in [-0.05, 0) is 108 Å². The molecule has 164 valence electrons. The Morgan fingerprint density at radius 2 is 1.73 bits per heavy atom. The van der Waals surface area contributed by atoms with Gasteiger partial charge < -0.3 is 5.32 Å². The number of nitrogens with zero attached hydrogens (tertiary/aromatic N) is 1. The minimum absolute atomic E-state index is 0.405. The highest BCUT2D eigenvalue weighted by atomic mass is 79.9. The van der Waals surface area contributed by atoms with Crippen molar-refractivity contribution in [3.63, 3.8) is 0 Å². The van der Waals surface area contributed by atoms with Crippen molar-refractivity contribution in [1.82, 2.24) is 10.3 Å². The van der Waals surface area contributed by atoms with Crippen molar-refractivity contribution in [3.05, 3.63) is 73.9 Å². The molecular weight excluding hydrogens is 500 g/mol. The maximum Gasteiger partial charge on any atom is 0.0514 e. The van der Waals surface area contributed by atoms with Crippen LogP contribution in [0.3, 0.4) is 0 Å². The molecule has 1 N–H and O–H groups in total. The summed E-state index contributed by atoms with van der Waals surface area (Å²) in [5.41, 5.74) is 7.03. The Labute approximate surface area is 200 Å². The van der Waals surface area contributed by atoms with Gasteiger partial charge in [0.1, 0.15) is 0 Å². The molecule has 4 rings (SSSR count). The maximum atomic E-state index is 4.91. The molecule has 2 aromatic rings. The monoisotopic (exact) mass is 534 g/mol. The predicted molar refractivity (Wildman–Crippen MR) is 137 cm³/mol. The number of piperidine rings is 1. The summed E-state index contributed by atoms with van der Waals surface area (Å²) < 4.78 is 2.35. The van der Waals surface area contributed by atoms with Crippen LogP contribution in [0.4, 0.5) is 0 Å². The molecule has 1 aliphatic carbocycles. The Bertz CT molecular complexity index is 826. The average Bonchev–Trinajstić information content (AvgIpc) is 2.93. The van der Waals surface area contributed by atoms with Crippen LogP contribution in [-0.4, -0.2) is 18.1 Å². The van der Waals surface area contributed by atoms with Crippen molar-refractivity contribution in [2.45, 2.75) is 65.7 Å². The van der Waals surface area contributed by atoms with E-state index in [-0.39, 0.29) is 0 Å². The van der Waals surface area contributed by atoms with E-state index in [4.69, 9.17) is 4.98 Å². The second kappa shape index (κ2) is 12.8. The normalized spacial score (nSPS) is 17.9. The summed E-state index contributed by atoms with van der Waals surface area (Å²) in [6.07, 6.45) is 9.55. The molecule has 1 atom stereocenters. The second-order valence-electron chi connectivity index (χ2n) is 7.78. The number of pyridine rings is 1. The van der Waals surface area contributed by atoms with Crippen molar-refractivity contribution >= 4 is 31.9 Å². The summed E-state index contributed by atoms with van der Waals surface area (Å²) in [6, 6.07) is 6.94. The Balaban J connectivity index is 0.000000481. The summed E-state index contributed by atoms with van der Waals surface area (Å²) in [7, 11) is 0. The Morgan fingerprint density at radius 3 is 2.37 bits per heavy atom. The fraction of sp³-hybridized carbons (Fsp3) is 0.500. The topological polar surface area (TPSA) is 24.9 Å². The van der Waals surface area contributed by atoms with Gasteiger partial charge >= 0.3 is 0 Å². The van der Waals surface area contributed by atoms with Crippen LogP contribution in [0.1, 0.15) is 73.9 Å². The zero-order chi connectivity index (χ0) is 22.1. The summed E-state index contributed by atoms with van der Waals surface area (Å²) in [5, 5.41) is 3.51. The van der Waals surface area contributed by atoms with Crippen LogP contribution in [-0.2, 0) is 12.8 Å². The molecule has 0 radical (unpaired) electrons. The third-order valence-corrected chi connectivity index (χ3v) is 6.83. The number of hydrogen-bond donors (Lipinski definition) is 1. The van der Waals surface area contributed by atoms with Gasteiger partial charge in [-0.2, -0.15) is 0 Å². The first-order valence-corrected chi connectivity index (χ1v) is 12.9. The Morgan fingerprint density at radius 1 is 1.10 bits per heavy atom. The third kappa shape index (κ3) is 6.27. The van der Waals surface area contributed by atoms with Crippen molar-refractivity contribution < 1.29 is 0 Å². The highest BCUT2D eigenvalue weighted by Crippen LogP contribution is 2.45. The van der Waals surface area contributed by atoms with E-state index in [1.165, 1.54) is 45.3 Å². The first kappa shape index (κ1) is 25.3. The fourth-order valence-electron chi connectivity index (χ4n) is 4.40. The fourth-order valence-corrected chi connectivity index (χ4v) is 5.64. The smallest absolute Gasteiger partial charge is 0.0514 e. The summed E-state index contributed by atoms with van der Waals surface area (Å²) in [6.45, 7) is 14.0. The predicted octanol–water partition coefficient (Wildman–Crippen LogP) is 7.75. The van der Waals surface area contributed by atoms with Gasteiger partial charge in [-0.25, -0.2) is 0 Å². The average molecular weight is 536 g/mol. The Hall–Kier alpha value is -0.970. The van der Waals surface area contributed by atoms with E-state index in [0.717, 1.165) is 36.8 Å². The van der Waals surface area contributed by atoms with E-state index < -0.39 is 0 Å². The van der Waals surface area contributed by atoms with Gasteiger partial charge in [0.15, 0.2) is 0 Å². The van der Waals surface area contributed by atoms with E-state index >= 15 is 0 Å². The minimum atomic E-state index is 0.405. The van der Waals surface area contributed by atoms with Crippen LogP contribution in [0.25, 0.3) is 0 Å². The van der Waals surface area contributed by atoms with Crippen molar-refractivity contribution in [2.75, 3.05) is 13.1 Å². The highest BCUT2D eigenvalue weighted by molar-refractivity contribution is 9.10. The number of halogens is 2. The van der Waals surface area contributed by atoms with Gasteiger partial charge in [0.05, 0.1) is 5.69 Å². The lowest BCUT2D eigenvalue weighted by Crippen LogP contribution is -2.32. The molecule has 30 heavy (non-hydrogen) atoms. The van der Waals surface area contributed by atoms with Crippen LogP contribution in [0.2, 0.25) is 0 Å². The molecule has 0 spiro atoms. The Kier molecular flexibility index (Phi) is 10.8. The van der Waals surface area contributed by atoms with Crippen LogP contribution in [0.5, 0.6) is 0 Å². The number of benzene rings is 1. The first-order chi connectivity index (χ1) is 14.5. The lowest BCUT2D eigenvalue weighted by Gasteiger charge is -2.32. The van der Waals surface area contributed by atoms with Crippen molar-refractivity contribution in [3.8, 4) is 0 Å². The van der Waals surface area contributed by atoms with Crippen LogP contribution in [0.15, 0.2) is 46.0 Å². The molecule has 1 aromatic carbocycles. The molecule has 4 heteroatoms. The first-order valence-electron chi connectivity index (χ1n) is 11.3. The molecule has 0 saturated carbocycles. The quantitative estimate of drug-likeness (QED) is 0.397. The standard InChI is InChI=1S/C20H22Br2N2.C4H8.C2H6/c1-12-8-14-2-3-15-10-16(21)11-24-20(15)19(18(14)17(22)9-12)13-4-6-23-7-5-13;1-3-4-2;1-2/h8-11,13,19,23H,2-7H2,1H3;3H,1,4H2,2H3;1-2H3. The zero-order valence-corrected chi connectivity index (χ0v) is 22.1. The van der Waals surface area contributed by atoms with Gasteiger partial charge in [0, 0.05) is 21.1 Å². The molecule has 1 aliphatic heterocycles. The third-order valence-electron chi connectivity index (χ3n) is 5.74. The van der Waals surface area contributed by atoms with E-state index in [9.17, 15) is 0 Å². The highest BCUT2D eigenvalue weighted by Gasteiger charge is 2.34. The van der Waals surface area contributed by atoms with Crippen LogP contribution >= 0.6 is 31.9 Å². The molecule has 1 saturated heterocycles. The van der Waals surface area contributed by atoms with E-state index in [1.54, 1.807) is 0 Å². The van der Waals surface area contributed by atoms with Gasteiger partial charge in [0.2, 0.25) is 0 Å². The minimum Gasteiger partial charge on any atom is -0.317 e. The number of aryl methyl sites for hydroxylation is 3.